The Balaban J connectivity index is 2.39. The number of nitrogens with zero attached hydrogens (tertiary/aromatic N) is 1. The molecule has 1 fully saturated rings. The molecule has 1 heterocycles. The summed E-state index contributed by atoms with van der Waals surface area (Å²) >= 11 is 0. The van der Waals surface area contributed by atoms with Crippen LogP contribution in [0.4, 0.5) is 0 Å². The van der Waals surface area contributed by atoms with Crippen LogP contribution in [0.15, 0.2) is 0 Å². The summed E-state index contributed by atoms with van der Waals surface area (Å²) in [6.07, 6.45) is 0.632. The molecule has 0 aromatic heterocycles. The first-order valence-corrected chi connectivity index (χ1v) is 4.25. The van der Waals surface area contributed by atoms with Crippen LogP contribution in [0.5, 0.6) is 0 Å². The van der Waals surface area contributed by atoms with Gasteiger partial charge in [-0.1, -0.05) is 6.92 Å². The van der Waals surface area contributed by atoms with E-state index in [1.807, 2.05) is 11.8 Å². The van der Waals surface area contributed by atoms with Crippen LogP contribution in [0.25, 0.3) is 0 Å². The molecule has 0 aliphatic carbocycles. The molecule has 3 nitrogen and oxygen atoms in total. The summed E-state index contributed by atoms with van der Waals surface area (Å²) in [5.41, 5.74) is 0. The Bertz CT molecular complexity index is 147. The van der Waals surface area contributed by atoms with Gasteiger partial charge in [0.2, 0.25) is 5.91 Å². The minimum atomic E-state index is 0.276. The van der Waals surface area contributed by atoms with Gasteiger partial charge in [0, 0.05) is 32.1 Å². The van der Waals surface area contributed by atoms with Gasteiger partial charge in [0.05, 0.1) is 0 Å². The molecule has 1 unspecified atom stereocenters. The maximum Gasteiger partial charge on any atom is 0.222 e. The van der Waals surface area contributed by atoms with E-state index in [1.54, 1.807) is 0 Å². The van der Waals surface area contributed by atoms with Crippen molar-refractivity contribution in [1.29, 1.82) is 0 Å². The second-order valence-corrected chi connectivity index (χ2v) is 3.05. The Morgan fingerprint density at radius 3 is 3.00 bits per heavy atom. The van der Waals surface area contributed by atoms with Crippen molar-refractivity contribution in [3.63, 3.8) is 0 Å². The predicted molar refractivity (Wildman–Crippen MR) is 44.3 cm³/mol. The van der Waals surface area contributed by atoms with Gasteiger partial charge in [-0.25, -0.2) is 0 Å². The third-order valence-electron chi connectivity index (χ3n) is 2.02. The Kier molecular flexibility index (Phi) is 2.88. The lowest BCUT2D eigenvalue weighted by molar-refractivity contribution is -0.131. The highest BCUT2D eigenvalue weighted by atomic mass is 16.2. The molecule has 1 saturated heterocycles. The van der Waals surface area contributed by atoms with Gasteiger partial charge in [0.1, 0.15) is 0 Å². The van der Waals surface area contributed by atoms with E-state index in [9.17, 15) is 4.79 Å². The van der Waals surface area contributed by atoms with E-state index in [4.69, 9.17) is 0 Å². The third kappa shape index (κ3) is 2.19. The molecule has 3 heteroatoms. The van der Waals surface area contributed by atoms with Crippen LogP contribution in [0.3, 0.4) is 0 Å². The van der Waals surface area contributed by atoms with Crippen LogP contribution in [0.1, 0.15) is 20.3 Å². The number of rotatable bonds is 1. The highest BCUT2D eigenvalue weighted by Crippen LogP contribution is 2.00. The number of carbonyl (C=O) groups excluding carboxylic acids is 1. The van der Waals surface area contributed by atoms with Gasteiger partial charge < -0.3 is 10.2 Å². The zero-order valence-electron chi connectivity index (χ0n) is 7.26. The lowest BCUT2D eigenvalue weighted by Crippen LogP contribution is -2.51. The Morgan fingerprint density at radius 1 is 1.73 bits per heavy atom. The van der Waals surface area contributed by atoms with E-state index in [-0.39, 0.29) is 5.91 Å². The van der Waals surface area contributed by atoms with Gasteiger partial charge in [0.15, 0.2) is 0 Å². The molecule has 1 aliphatic heterocycles. The van der Waals surface area contributed by atoms with Crippen LogP contribution in [-0.2, 0) is 4.79 Å². The fraction of sp³-hybridized carbons (Fsp3) is 0.875. The number of amides is 1. The fourth-order valence-electron chi connectivity index (χ4n) is 1.38. The van der Waals surface area contributed by atoms with Gasteiger partial charge in [-0.05, 0) is 6.92 Å². The first-order chi connectivity index (χ1) is 5.24. The van der Waals surface area contributed by atoms with Crippen molar-refractivity contribution in [2.75, 3.05) is 19.6 Å². The highest BCUT2D eigenvalue weighted by molar-refractivity contribution is 5.75. The van der Waals surface area contributed by atoms with Gasteiger partial charge in [-0.2, -0.15) is 0 Å². The molecule has 0 spiro atoms. The van der Waals surface area contributed by atoms with E-state index < -0.39 is 0 Å². The van der Waals surface area contributed by atoms with Gasteiger partial charge in [0.25, 0.3) is 0 Å². The maximum absolute atomic E-state index is 11.2. The molecule has 1 amide bonds. The van der Waals surface area contributed by atoms with Crippen molar-refractivity contribution >= 4 is 5.91 Å². The average Bonchev–Trinajstić information content (AvgIpc) is 2.03. The quantitative estimate of drug-likeness (QED) is 0.589. The summed E-state index contributed by atoms with van der Waals surface area (Å²) in [6, 6.07) is 0.458. The average molecular weight is 156 g/mol. The molecular weight excluding hydrogens is 140 g/mol. The molecule has 0 saturated carbocycles. The van der Waals surface area contributed by atoms with Crippen LogP contribution >= 0.6 is 0 Å². The van der Waals surface area contributed by atoms with E-state index in [2.05, 4.69) is 12.2 Å². The summed E-state index contributed by atoms with van der Waals surface area (Å²) in [6.45, 7) is 6.70. The Labute approximate surface area is 67.8 Å². The van der Waals surface area contributed by atoms with E-state index in [1.165, 1.54) is 0 Å². The minimum Gasteiger partial charge on any atom is -0.340 e. The van der Waals surface area contributed by atoms with Gasteiger partial charge in [-0.15, -0.1) is 0 Å². The second-order valence-electron chi connectivity index (χ2n) is 3.05. The number of carbonyl (C=O) groups is 1. The molecule has 1 rings (SSSR count). The molecule has 1 N–H and O–H groups in total. The Hall–Kier alpha value is -0.570. The normalized spacial score (nSPS) is 25.3. The summed E-state index contributed by atoms with van der Waals surface area (Å²) < 4.78 is 0. The van der Waals surface area contributed by atoms with Crippen molar-refractivity contribution in [2.45, 2.75) is 26.3 Å². The topological polar surface area (TPSA) is 32.3 Å². The SMILES string of the molecule is CCC(=O)N1CCNC(C)C1. The van der Waals surface area contributed by atoms with Crippen LogP contribution in [0, 0.1) is 0 Å². The summed E-state index contributed by atoms with van der Waals surface area (Å²) in [4.78, 5) is 13.1. The monoisotopic (exact) mass is 156 g/mol. The van der Waals surface area contributed by atoms with E-state index in [0.29, 0.717) is 12.5 Å². The molecule has 1 aliphatic rings. The van der Waals surface area contributed by atoms with Crippen LogP contribution in [-0.4, -0.2) is 36.5 Å². The zero-order chi connectivity index (χ0) is 8.27. The molecule has 0 bridgehead atoms. The zero-order valence-corrected chi connectivity index (χ0v) is 7.26. The first-order valence-electron chi connectivity index (χ1n) is 4.25. The van der Waals surface area contributed by atoms with Crippen molar-refractivity contribution in [3.05, 3.63) is 0 Å². The first kappa shape index (κ1) is 8.53. The minimum absolute atomic E-state index is 0.276. The summed E-state index contributed by atoms with van der Waals surface area (Å²) in [5.74, 6) is 0.276. The van der Waals surface area contributed by atoms with Crippen molar-refractivity contribution < 1.29 is 4.79 Å². The second kappa shape index (κ2) is 3.72. The number of hydrogen-bond donors (Lipinski definition) is 1. The van der Waals surface area contributed by atoms with Crippen molar-refractivity contribution in [2.24, 2.45) is 0 Å². The number of nitrogens with one attached hydrogen (secondary N) is 1. The molecule has 11 heavy (non-hydrogen) atoms. The van der Waals surface area contributed by atoms with Gasteiger partial charge >= 0.3 is 0 Å². The molecule has 0 radical (unpaired) electrons. The highest BCUT2D eigenvalue weighted by Gasteiger charge is 2.18. The van der Waals surface area contributed by atoms with Crippen molar-refractivity contribution in [1.82, 2.24) is 10.2 Å². The largest absolute Gasteiger partial charge is 0.340 e. The fourth-order valence-corrected chi connectivity index (χ4v) is 1.38. The van der Waals surface area contributed by atoms with Crippen molar-refractivity contribution in [3.8, 4) is 0 Å². The summed E-state index contributed by atoms with van der Waals surface area (Å²) in [5, 5.41) is 3.30. The smallest absolute Gasteiger partial charge is 0.222 e. The summed E-state index contributed by atoms with van der Waals surface area (Å²) in [7, 11) is 0. The number of hydrogen-bond acceptors (Lipinski definition) is 2. The standard InChI is InChI=1S/C8H16N2O/c1-3-8(11)10-5-4-9-7(2)6-10/h7,9H,3-6H2,1-2H3. The molecular formula is C8H16N2O. The van der Waals surface area contributed by atoms with E-state index >= 15 is 0 Å². The predicted octanol–water partition coefficient (Wildman–Crippen LogP) is 0.217. The molecule has 64 valence electrons. The van der Waals surface area contributed by atoms with Crippen LogP contribution in [0.2, 0.25) is 0 Å². The third-order valence-corrected chi connectivity index (χ3v) is 2.02. The molecule has 0 aromatic rings. The molecule has 1 atom stereocenters. The van der Waals surface area contributed by atoms with E-state index in [0.717, 1.165) is 19.6 Å². The number of piperazine rings is 1. The lowest BCUT2D eigenvalue weighted by Gasteiger charge is -2.31. The maximum atomic E-state index is 11.2. The lowest BCUT2D eigenvalue weighted by atomic mass is 10.2. The van der Waals surface area contributed by atoms with Gasteiger partial charge in [-0.3, -0.25) is 4.79 Å². The van der Waals surface area contributed by atoms with Crippen LogP contribution < -0.4 is 5.32 Å². The Morgan fingerprint density at radius 2 is 2.45 bits per heavy atom. The molecule has 0 aromatic carbocycles.